The molecule has 1 aliphatic heterocycles. The van der Waals surface area contributed by atoms with E-state index in [1.54, 1.807) is 6.92 Å². The molecule has 0 atom stereocenters. The fraction of sp³-hybridized carbons (Fsp3) is 0.471. The van der Waals surface area contributed by atoms with E-state index in [1.165, 1.54) is 11.3 Å². The molecule has 7 nitrogen and oxygen atoms in total. The largest absolute Gasteiger partial charge is 0.481 e. The summed E-state index contributed by atoms with van der Waals surface area (Å²) in [6.45, 7) is 4.48. The highest BCUT2D eigenvalue weighted by atomic mass is 32.1. The van der Waals surface area contributed by atoms with Crippen molar-refractivity contribution in [2.75, 3.05) is 13.2 Å². The van der Waals surface area contributed by atoms with Crippen LogP contribution in [0.4, 0.5) is 0 Å². The van der Waals surface area contributed by atoms with Gasteiger partial charge in [-0.15, -0.1) is 11.3 Å². The summed E-state index contributed by atoms with van der Waals surface area (Å²) in [6, 6.07) is 3.66. The second-order valence-corrected chi connectivity index (χ2v) is 7.26. The minimum Gasteiger partial charge on any atom is -0.481 e. The monoisotopic (exact) mass is 364 g/mol. The third-order valence-corrected chi connectivity index (χ3v) is 5.44. The molecule has 3 rings (SSSR count). The molecule has 2 aromatic rings. The average Bonchev–Trinajstić information content (AvgIpc) is 3.13. The van der Waals surface area contributed by atoms with Gasteiger partial charge in [-0.2, -0.15) is 0 Å². The number of thiazole rings is 1. The number of aromatic nitrogens is 1. The number of hydrogen-bond acceptors (Lipinski definition) is 6. The molecule has 0 saturated carbocycles. The van der Waals surface area contributed by atoms with Crippen LogP contribution in [0.2, 0.25) is 0 Å². The number of ether oxygens (including phenoxy) is 1. The maximum atomic E-state index is 12.8. The van der Waals surface area contributed by atoms with Gasteiger partial charge in [-0.25, -0.2) is 4.98 Å². The number of nitrogens with zero attached hydrogens (tertiary/aromatic N) is 1. The lowest BCUT2D eigenvalue weighted by atomic mass is 9.86. The van der Waals surface area contributed by atoms with Crippen LogP contribution >= 0.6 is 11.3 Å². The first-order chi connectivity index (χ1) is 11.9. The van der Waals surface area contributed by atoms with E-state index in [2.05, 4.69) is 10.3 Å². The SMILES string of the molecule is Cc1ccc(-c2nc(C)c(C(=O)NC3(CC(=O)O)CCOCC3)s2)o1. The summed E-state index contributed by atoms with van der Waals surface area (Å²) in [5.41, 5.74) is -0.178. The summed E-state index contributed by atoms with van der Waals surface area (Å²) in [7, 11) is 0. The quantitative estimate of drug-likeness (QED) is 0.846. The first-order valence-electron chi connectivity index (χ1n) is 8.05. The second kappa shape index (κ2) is 6.97. The van der Waals surface area contributed by atoms with Crippen molar-refractivity contribution in [2.24, 2.45) is 0 Å². The normalized spacial score (nSPS) is 16.6. The molecule has 0 unspecified atom stereocenters. The lowest BCUT2D eigenvalue weighted by Crippen LogP contribution is -2.53. The summed E-state index contributed by atoms with van der Waals surface area (Å²) in [5.74, 6) is 0.162. The Hall–Kier alpha value is -2.19. The van der Waals surface area contributed by atoms with Crippen molar-refractivity contribution in [2.45, 2.75) is 38.6 Å². The highest BCUT2D eigenvalue weighted by Gasteiger charge is 2.37. The number of hydrogen-bond donors (Lipinski definition) is 2. The maximum Gasteiger partial charge on any atom is 0.305 e. The van der Waals surface area contributed by atoms with E-state index < -0.39 is 11.5 Å². The number of aliphatic carboxylic acids is 1. The molecule has 0 radical (unpaired) electrons. The van der Waals surface area contributed by atoms with Gasteiger partial charge in [-0.1, -0.05) is 0 Å². The predicted octanol–water partition coefficient (Wildman–Crippen LogP) is 2.77. The average molecular weight is 364 g/mol. The van der Waals surface area contributed by atoms with Crippen LogP contribution < -0.4 is 5.32 Å². The Balaban J connectivity index is 1.82. The van der Waals surface area contributed by atoms with Gasteiger partial charge in [0.05, 0.1) is 17.7 Å². The van der Waals surface area contributed by atoms with E-state index in [1.807, 2.05) is 19.1 Å². The van der Waals surface area contributed by atoms with E-state index >= 15 is 0 Å². The Kier molecular flexibility index (Phi) is 4.91. The Morgan fingerprint density at radius 1 is 1.32 bits per heavy atom. The molecule has 134 valence electrons. The van der Waals surface area contributed by atoms with Gasteiger partial charge in [0.2, 0.25) is 0 Å². The number of carboxylic acids is 1. The number of aryl methyl sites for hydroxylation is 2. The van der Waals surface area contributed by atoms with Crippen LogP contribution in [0, 0.1) is 13.8 Å². The van der Waals surface area contributed by atoms with Crippen molar-refractivity contribution < 1.29 is 23.8 Å². The molecule has 3 heterocycles. The highest BCUT2D eigenvalue weighted by molar-refractivity contribution is 7.17. The lowest BCUT2D eigenvalue weighted by Gasteiger charge is -2.36. The summed E-state index contributed by atoms with van der Waals surface area (Å²) >= 11 is 1.24. The van der Waals surface area contributed by atoms with Crippen LogP contribution in [-0.4, -0.2) is 40.7 Å². The van der Waals surface area contributed by atoms with Gasteiger partial charge in [-0.3, -0.25) is 9.59 Å². The molecule has 25 heavy (non-hydrogen) atoms. The standard InChI is InChI=1S/C17H20N2O5S/c1-10-3-4-12(24-10)16-18-11(2)14(25-16)15(22)19-17(9-13(20)21)5-7-23-8-6-17/h3-4H,5-9H2,1-2H3,(H,19,22)(H,20,21). The number of furan rings is 1. The number of nitrogens with one attached hydrogen (secondary N) is 1. The summed E-state index contributed by atoms with van der Waals surface area (Å²) < 4.78 is 10.9. The van der Waals surface area contributed by atoms with Gasteiger partial charge < -0.3 is 19.6 Å². The Labute approximate surface area is 149 Å². The van der Waals surface area contributed by atoms with Crippen LogP contribution in [0.3, 0.4) is 0 Å². The molecular weight excluding hydrogens is 344 g/mol. The van der Waals surface area contributed by atoms with Gasteiger partial charge in [-0.05, 0) is 38.8 Å². The Morgan fingerprint density at radius 3 is 2.64 bits per heavy atom. The zero-order valence-electron chi connectivity index (χ0n) is 14.1. The molecule has 2 N–H and O–H groups in total. The number of rotatable bonds is 5. The molecule has 1 fully saturated rings. The van der Waals surface area contributed by atoms with E-state index in [-0.39, 0.29) is 12.3 Å². The molecule has 1 saturated heterocycles. The third-order valence-electron chi connectivity index (χ3n) is 4.27. The number of amides is 1. The Bertz CT molecular complexity index is 789. The van der Waals surface area contributed by atoms with Crippen molar-refractivity contribution in [1.29, 1.82) is 0 Å². The molecule has 1 aliphatic rings. The molecule has 1 amide bonds. The van der Waals surface area contributed by atoms with Gasteiger partial charge in [0.25, 0.3) is 5.91 Å². The molecule has 0 bridgehead atoms. The number of carbonyl (C=O) groups excluding carboxylic acids is 1. The number of carbonyl (C=O) groups is 2. The topological polar surface area (TPSA) is 102 Å². The lowest BCUT2D eigenvalue weighted by molar-refractivity contribution is -0.139. The Morgan fingerprint density at radius 2 is 2.04 bits per heavy atom. The van der Waals surface area contributed by atoms with Crippen molar-refractivity contribution in [3.63, 3.8) is 0 Å². The van der Waals surface area contributed by atoms with Crippen LogP contribution in [0.1, 0.15) is 40.4 Å². The molecular formula is C17H20N2O5S. The summed E-state index contributed by atoms with van der Waals surface area (Å²) in [6.07, 6.45) is 0.838. The zero-order chi connectivity index (χ0) is 18.0. The molecule has 8 heteroatoms. The van der Waals surface area contributed by atoms with E-state index in [0.717, 1.165) is 5.76 Å². The zero-order valence-corrected chi connectivity index (χ0v) is 14.9. The van der Waals surface area contributed by atoms with Crippen molar-refractivity contribution in [1.82, 2.24) is 10.3 Å². The first kappa shape index (κ1) is 17.6. The smallest absolute Gasteiger partial charge is 0.305 e. The van der Waals surface area contributed by atoms with Crippen molar-refractivity contribution in [3.05, 3.63) is 28.5 Å². The minimum absolute atomic E-state index is 0.121. The van der Waals surface area contributed by atoms with Crippen molar-refractivity contribution in [3.8, 4) is 10.8 Å². The molecule has 0 aliphatic carbocycles. The second-order valence-electron chi connectivity index (χ2n) is 6.26. The fourth-order valence-corrected chi connectivity index (χ4v) is 3.88. The van der Waals surface area contributed by atoms with Crippen LogP contribution in [-0.2, 0) is 9.53 Å². The van der Waals surface area contributed by atoms with Gasteiger partial charge in [0, 0.05) is 13.2 Å². The van der Waals surface area contributed by atoms with Gasteiger partial charge >= 0.3 is 5.97 Å². The molecule has 2 aromatic heterocycles. The van der Waals surface area contributed by atoms with Crippen LogP contribution in [0.25, 0.3) is 10.8 Å². The predicted molar refractivity (Wildman–Crippen MR) is 91.8 cm³/mol. The number of carboxylic acid groups (broad SMARTS) is 1. The minimum atomic E-state index is -0.935. The van der Waals surface area contributed by atoms with Crippen molar-refractivity contribution >= 4 is 23.2 Å². The highest BCUT2D eigenvalue weighted by Crippen LogP contribution is 2.31. The first-order valence-corrected chi connectivity index (χ1v) is 8.86. The van der Waals surface area contributed by atoms with Gasteiger partial charge in [0.15, 0.2) is 10.8 Å². The maximum absolute atomic E-state index is 12.8. The van der Waals surface area contributed by atoms with Crippen LogP contribution in [0.15, 0.2) is 16.5 Å². The summed E-state index contributed by atoms with van der Waals surface area (Å²) in [5, 5.41) is 12.8. The van der Waals surface area contributed by atoms with Gasteiger partial charge in [0.1, 0.15) is 10.6 Å². The van der Waals surface area contributed by atoms with Crippen LogP contribution in [0.5, 0.6) is 0 Å². The van der Waals surface area contributed by atoms with E-state index in [0.29, 0.717) is 47.4 Å². The van der Waals surface area contributed by atoms with E-state index in [4.69, 9.17) is 9.15 Å². The fourth-order valence-electron chi connectivity index (χ4n) is 2.96. The molecule has 0 aromatic carbocycles. The molecule has 0 spiro atoms. The third kappa shape index (κ3) is 3.91. The van der Waals surface area contributed by atoms with E-state index in [9.17, 15) is 14.7 Å². The summed E-state index contributed by atoms with van der Waals surface area (Å²) in [4.78, 5) is 28.9.